The lowest BCUT2D eigenvalue weighted by atomic mass is 10.2. The van der Waals surface area contributed by atoms with Crippen molar-refractivity contribution in [2.75, 3.05) is 13.2 Å². The van der Waals surface area contributed by atoms with E-state index in [0.717, 1.165) is 0 Å². The SMILES string of the molecule is CCOC(=O)CCCNC(=O)c1cc(F)c(F)c(F)c1. The van der Waals surface area contributed by atoms with E-state index in [4.69, 9.17) is 0 Å². The molecule has 0 radical (unpaired) electrons. The minimum absolute atomic E-state index is 0.125. The molecule has 7 heteroatoms. The Balaban J connectivity index is 2.46. The summed E-state index contributed by atoms with van der Waals surface area (Å²) >= 11 is 0. The van der Waals surface area contributed by atoms with Gasteiger partial charge in [0.05, 0.1) is 6.61 Å². The fraction of sp³-hybridized carbons (Fsp3) is 0.385. The van der Waals surface area contributed by atoms with Crippen LogP contribution >= 0.6 is 0 Å². The molecule has 1 rings (SSSR count). The van der Waals surface area contributed by atoms with Crippen LogP contribution in [0.5, 0.6) is 0 Å². The van der Waals surface area contributed by atoms with Gasteiger partial charge in [0.25, 0.3) is 5.91 Å². The van der Waals surface area contributed by atoms with Crippen molar-refractivity contribution in [1.29, 1.82) is 0 Å². The van der Waals surface area contributed by atoms with Crippen molar-refractivity contribution in [3.05, 3.63) is 35.1 Å². The number of amides is 1. The molecule has 0 spiro atoms. The molecule has 0 saturated carbocycles. The normalized spacial score (nSPS) is 10.2. The predicted octanol–water partition coefficient (Wildman–Crippen LogP) is 2.18. The Morgan fingerprint density at radius 1 is 1.20 bits per heavy atom. The number of hydrogen-bond donors (Lipinski definition) is 1. The Morgan fingerprint density at radius 3 is 2.35 bits per heavy atom. The summed E-state index contributed by atoms with van der Waals surface area (Å²) in [5.74, 6) is -5.61. The molecular weight excluding hydrogens is 275 g/mol. The topological polar surface area (TPSA) is 55.4 Å². The van der Waals surface area contributed by atoms with E-state index >= 15 is 0 Å². The molecule has 0 atom stereocenters. The Kier molecular flexibility index (Phi) is 6.02. The van der Waals surface area contributed by atoms with Gasteiger partial charge in [-0.15, -0.1) is 0 Å². The van der Waals surface area contributed by atoms with Crippen LogP contribution in [0.4, 0.5) is 13.2 Å². The van der Waals surface area contributed by atoms with E-state index in [1.54, 1.807) is 6.92 Å². The molecule has 0 aromatic heterocycles. The average Bonchev–Trinajstić information content (AvgIpc) is 2.40. The fourth-order valence-electron chi connectivity index (χ4n) is 1.46. The third-order valence-corrected chi connectivity index (χ3v) is 2.39. The molecule has 0 heterocycles. The maximum absolute atomic E-state index is 12.9. The van der Waals surface area contributed by atoms with Crippen LogP contribution in [0.1, 0.15) is 30.1 Å². The first kappa shape index (κ1) is 16.0. The molecule has 1 amide bonds. The Hall–Kier alpha value is -2.05. The third-order valence-electron chi connectivity index (χ3n) is 2.39. The quantitative estimate of drug-likeness (QED) is 0.496. The monoisotopic (exact) mass is 289 g/mol. The summed E-state index contributed by atoms with van der Waals surface area (Å²) in [6.45, 7) is 2.09. The molecule has 0 aliphatic rings. The van der Waals surface area contributed by atoms with Crippen molar-refractivity contribution < 1.29 is 27.5 Å². The summed E-state index contributed by atoms with van der Waals surface area (Å²) in [5, 5.41) is 2.37. The number of nitrogens with one attached hydrogen (secondary N) is 1. The molecule has 0 saturated heterocycles. The lowest BCUT2D eigenvalue weighted by molar-refractivity contribution is -0.143. The zero-order valence-corrected chi connectivity index (χ0v) is 10.8. The van der Waals surface area contributed by atoms with Gasteiger partial charge in [-0.25, -0.2) is 13.2 Å². The lowest BCUT2D eigenvalue weighted by Crippen LogP contribution is -2.25. The van der Waals surface area contributed by atoms with Gasteiger partial charge in [0.15, 0.2) is 17.5 Å². The zero-order chi connectivity index (χ0) is 15.1. The minimum atomic E-state index is -1.62. The molecule has 1 aromatic rings. The van der Waals surface area contributed by atoms with Gasteiger partial charge in [-0.3, -0.25) is 9.59 Å². The zero-order valence-electron chi connectivity index (χ0n) is 10.8. The summed E-state index contributed by atoms with van der Waals surface area (Å²) in [4.78, 5) is 22.6. The van der Waals surface area contributed by atoms with E-state index < -0.39 is 23.4 Å². The number of rotatable bonds is 6. The van der Waals surface area contributed by atoms with Crippen molar-refractivity contribution in [2.24, 2.45) is 0 Å². The van der Waals surface area contributed by atoms with Gasteiger partial charge in [-0.1, -0.05) is 0 Å². The van der Waals surface area contributed by atoms with Gasteiger partial charge in [-0.05, 0) is 25.5 Å². The van der Waals surface area contributed by atoms with Crippen molar-refractivity contribution >= 4 is 11.9 Å². The highest BCUT2D eigenvalue weighted by molar-refractivity contribution is 5.94. The molecule has 110 valence electrons. The Labute approximate surface area is 113 Å². The number of ether oxygens (including phenoxy) is 1. The standard InChI is InChI=1S/C13H14F3NO3/c1-2-20-11(18)4-3-5-17-13(19)8-6-9(14)12(16)10(15)7-8/h6-7H,2-5H2,1H3,(H,17,19). The number of halogens is 3. The van der Waals surface area contributed by atoms with E-state index in [-0.39, 0.29) is 31.1 Å². The molecule has 20 heavy (non-hydrogen) atoms. The lowest BCUT2D eigenvalue weighted by Gasteiger charge is -2.06. The minimum Gasteiger partial charge on any atom is -0.466 e. The number of benzene rings is 1. The number of hydrogen-bond acceptors (Lipinski definition) is 3. The average molecular weight is 289 g/mol. The van der Waals surface area contributed by atoms with Crippen LogP contribution < -0.4 is 5.32 Å². The molecule has 1 N–H and O–H groups in total. The van der Waals surface area contributed by atoms with Crippen molar-refractivity contribution in [3.8, 4) is 0 Å². The highest BCUT2D eigenvalue weighted by atomic mass is 19.2. The molecule has 1 aromatic carbocycles. The number of esters is 1. The fourth-order valence-corrected chi connectivity index (χ4v) is 1.46. The molecule has 0 bridgehead atoms. The van der Waals surface area contributed by atoms with Crippen LogP contribution in [0.25, 0.3) is 0 Å². The van der Waals surface area contributed by atoms with Gasteiger partial charge in [0, 0.05) is 18.5 Å². The second-order valence-electron chi connectivity index (χ2n) is 3.92. The summed E-state index contributed by atoms with van der Waals surface area (Å²) in [5.41, 5.74) is -0.322. The molecule has 0 aliphatic carbocycles. The molecule has 4 nitrogen and oxygen atoms in total. The first-order valence-corrected chi connectivity index (χ1v) is 6.04. The first-order valence-electron chi connectivity index (χ1n) is 6.04. The Bertz CT molecular complexity index is 483. The summed E-state index contributed by atoms with van der Waals surface area (Å²) in [6, 6.07) is 1.22. The largest absolute Gasteiger partial charge is 0.466 e. The van der Waals surface area contributed by atoms with Crippen LogP contribution in [-0.2, 0) is 9.53 Å². The van der Waals surface area contributed by atoms with Gasteiger partial charge in [0.1, 0.15) is 0 Å². The van der Waals surface area contributed by atoms with E-state index in [1.165, 1.54) is 0 Å². The highest BCUT2D eigenvalue weighted by Crippen LogP contribution is 2.13. The second kappa shape index (κ2) is 7.52. The highest BCUT2D eigenvalue weighted by Gasteiger charge is 2.14. The van der Waals surface area contributed by atoms with Gasteiger partial charge in [-0.2, -0.15) is 0 Å². The van der Waals surface area contributed by atoms with Crippen LogP contribution in [0, 0.1) is 17.5 Å². The van der Waals surface area contributed by atoms with Gasteiger partial charge in [0.2, 0.25) is 0 Å². The number of carbonyl (C=O) groups is 2. The first-order chi connectivity index (χ1) is 9.45. The molecule has 0 aliphatic heterocycles. The second-order valence-corrected chi connectivity index (χ2v) is 3.92. The summed E-state index contributed by atoms with van der Waals surface area (Å²) in [7, 11) is 0. The van der Waals surface area contributed by atoms with E-state index in [2.05, 4.69) is 10.1 Å². The van der Waals surface area contributed by atoms with E-state index in [1.807, 2.05) is 0 Å². The third kappa shape index (κ3) is 4.56. The maximum atomic E-state index is 12.9. The van der Waals surface area contributed by atoms with Gasteiger partial charge >= 0.3 is 5.97 Å². The van der Waals surface area contributed by atoms with Crippen molar-refractivity contribution in [3.63, 3.8) is 0 Å². The molecule has 0 unspecified atom stereocenters. The summed E-state index contributed by atoms with van der Waals surface area (Å²) < 4.78 is 43.2. The van der Waals surface area contributed by atoms with Crippen LogP contribution in [-0.4, -0.2) is 25.0 Å². The summed E-state index contributed by atoms with van der Waals surface area (Å²) in [6.07, 6.45) is 0.455. The maximum Gasteiger partial charge on any atom is 0.305 e. The van der Waals surface area contributed by atoms with Crippen LogP contribution in [0.15, 0.2) is 12.1 Å². The smallest absolute Gasteiger partial charge is 0.305 e. The van der Waals surface area contributed by atoms with Crippen molar-refractivity contribution in [2.45, 2.75) is 19.8 Å². The van der Waals surface area contributed by atoms with Crippen LogP contribution in [0.2, 0.25) is 0 Å². The van der Waals surface area contributed by atoms with Crippen molar-refractivity contribution in [1.82, 2.24) is 5.32 Å². The molecular formula is C13H14F3NO3. The number of carbonyl (C=O) groups excluding carboxylic acids is 2. The van der Waals surface area contributed by atoms with Gasteiger partial charge < -0.3 is 10.1 Å². The van der Waals surface area contributed by atoms with Crippen LogP contribution in [0.3, 0.4) is 0 Å². The van der Waals surface area contributed by atoms with E-state index in [9.17, 15) is 22.8 Å². The molecule has 0 fully saturated rings. The Morgan fingerprint density at radius 2 is 1.80 bits per heavy atom. The van der Waals surface area contributed by atoms with E-state index in [0.29, 0.717) is 18.6 Å². The predicted molar refractivity (Wildman–Crippen MR) is 64.5 cm³/mol.